The van der Waals surface area contributed by atoms with Gasteiger partial charge in [0, 0.05) is 19.2 Å². The van der Waals surface area contributed by atoms with E-state index >= 15 is 0 Å². The summed E-state index contributed by atoms with van der Waals surface area (Å²) >= 11 is 0. The van der Waals surface area contributed by atoms with E-state index in [9.17, 15) is 12.8 Å². The Hall–Kier alpha value is -1.14. The van der Waals surface area contributed by atoms with Gasteiger partial charge in [0.25, 0.3) is 0 Å². The number of aryl methyl sites for hydroxylation is 1. The van der Waals surface area contributed by atoms with Crippen molar-refractivity contribution in [3.05, 3.63) is 29.6 Å². The molecule has 0 atom stereocenters. The molecule has 1 fully saturated rings. The van der Waals surface area contributed by atoms with Gasteiger partial charge in [-0.3, -0.25) is 0 Å². The summed E-state index contributed by atoms with van der Waals surface area (Å²) in [4.78, 5) is 0. The number of sulfonamides is 1. The van der Waals surface area contributed by atoms with Gasteiger partial charge < -0.3 is 4.74 Å². The maximum atomic E-state index is 13.2. The highest BCUT2D eigenvalue weighted by Gasteiger charge is 2.29. The van der Waals surface area contributed by atoms with Gasteiger partial charge in [-0.25, -0.2) is 17.1 Å². The predicted molar refractivity (Wildman–Crippen MR) is 80.4 cm³/mol. The standard InChI is InChI=1S/C15H22FNO3S/c1-11-4-5-12(16)10-15(11)20-14-8-6-13(7-9-14)17(2)21(3,18)19/h4-5,10,13-14H,6-9H2,1-3H3. The largest absolute Gasteiger partial charge is 0.490 e. The van der Waals surface area contributed by atoms with Crippen LogP contribution in [-0.4, -0.2) is 38.2 Å². The number of ether oxygens (including phenoxy) is 1. The fourth-order valence-corrected chi connectivity index (χ4v) is 3.43. The van der Waals surface area contributed by atoms with Crippen molar-refractivity contribution in [1.29, 1.82) is 0 Å². The van der Waals surface area contributed by atoms with Crippen molar-refractivity contribution in [3.8, 4) is 5.75 Å². The summed E-state index contributed by atoms with van der Waals surface area (Å²) in [7, 11) is -1.53. The van der Waals surface area contributed by atoms with Gasteiger partial charge in [0.1, 0.15) is 11.6 Å². The van der Waals surface area contributed by atoms with Gasteiger partial charge in [-0.1, -0.05) is 6.07 Å². The quantitative estimate of drug-likeness (QED) is 0.858. The number of halogens is 1. The molecule has 1 aromatic carbocycles. The molecule has 1 aliphatic carbocycles. The molecular formula is C15H22FNO3S. The molecule has 1 aliphatic rings. The van der Waals surface area contributed by atoms with Gasteiger partial charge in [-0.2, -0.15) is 0 Å². The van der Waals surface area contributed by atoms with E-state index < -0.39 is 10.0 Å². The Morgan fingerprint density at radius 3 is 2.43 bits per heavy atom. The topological polar surface area (TPSA) is 46.6 Å². The lowest BCUT2D eigenvalue weighted by atomic mass is 9.93. The van der Waals surface area contributed by atoms with Crippen LogP contribution in [0.15, 0.2) is 18.2 Å². The average Bonchev–Trinajstić information content (AvgIpc) is 2.42. The van der Waals surface area contributed by atoms with Crippen molar-refractivity contribution in [2.75, 3.05) is 13.3 Å². The van der Waals surface area contributed by atoms with E-state index in [1.165, 1.54) is 22.7 Å². The average molecular weight is 315 g/mol. The maximum absolute atomic E-state index is 13.2. The summed E-state index contributed by atoms with van der Waals surface area (Å²) in [5.41, 5.74) is 0.909. The highest BCUT2D eigenvalue weighted by atomic mass is 32.2. The number of hydrogen-bond donors (Lipinski definition) is 0. The molecule has 1 saturated carbocycles. The molecule has 0 aliphatic heterocycles. The molecule has 0 aromatic heterocycles. The number of benzene rings is 1. The van der Waals surface area contributed by atoms with Gasteiger partial charge in [-0.05, 0) is 44.2 Å². The van der Waals surface area contributed by atoms with Gasteiger partial charge in [0.15, 0.2) is 0 Å². The van der Waals surface area contributed by atoms with Crippen LogP contribution in [0.1, 0.15) is 31.2 Å². The lowest BCUT2D eigenvalue weighted by molar-refractivity contribution is 0.124. The zero-order valence-electron chi connectivity index (χ0n) is 12.7. The Balaban J connectivity index is 1.94. The third-order valence-corrected chi connectivity index (χ3v) is 5.47. The summed E-state index contributed by atoms with van der Waals surface area (Å²) in [6.07, 6.45) is 4.34. The van der Waals surface area contributed by atoms with Crippen LogP contribution in [0.5, 0.6) is 5.75 Å². The number of nitrogens with zero attached hydrogens (tertiary/aromatic N) is 1. The van der Waals surface area contributed by atoms with E-state index in [1.54, 1.807) is 13.1 Å². The molecule has 4 nitrogen and oxygen atoms in total. The summed E-state index contributed by atoms with van der Waals surface area (Å²) in [5, 5.41) is 0. The predicted octanol–water partition coefficient (Wildman–Crippen LogP) is 2.72. The minimum absolute atomic E-state index is 0.0229. The van der Waals surface area contributed by atoms with E-state index in [-0.39, 0.29) is 18.0 Å². The SMILES string of the molecule is Cc1ccc(F)cc1OC1CCC(N(C)S(C)(=O)=O)CC1. The van der Waals surface area contributed by atoms with Crippen LogP contribution in [0.2, 0.25) is 0 Å². The van der Waals surface area contributed by atoms with Crippen molar-refractivity contribution < 1.29 is 17.5 Å². The Morgan fingerprint density at radius 1 is 1.24 bits per heavy atom. The molecule has 0 spiro atoms. The summed E-state index contributed by atoms with van der Waals surface area (Å²) in [5.74, 6) is 0.274. The molecule has 0 bridgehead atoms. The molecule has 1 aromatic rings. The zero-order valence-corrected chi connectivity index (χ0v) is 13.5. The smallest absolute Gasteiger partial charge is 0.211 e. The molecule has 0 radical (unpaired) electrons. The first kappa shape index (κ1) is 16.2. The van der Waals surface area contributed by atoms with Crippen LogP contribution in [0.25, 0.3) is 0 Å². The van der Waals surface area contributed by atoms with Crippen molar-refractivity contribution in [2.24, 2.45) is 0 Å². The van der Waals surface area contributed by atoms with E-state index in [4.69, 9.17) is 4.74 Å². The lowest BCUT2D eigenvalue weighted by Gasteiger charge is -2.33. The van der Waals surface area contributed by atoms with Crippen LogP contribution in [0.4, 0.5) is 4.39 Å². The van der Waals surface area contributed by atoms with Crippen LogP contribution in [0.3, 0.4) is 0 Å². The minimum atomic E-state index is -3.15. The van der Waals surface area contributed by atoms with Gasteiger partial charge in [0.05, 0.1) is 12.4 Å². The highest BCUT2D eigenvalue weighted by molar-refractivity contribution is 7.88. The second kappa shape index (κ2) is 6.32. The first-order valence-corrected chi connectivity index (χ1v) is 8.98. The van der Waals surface area contributed by atoms with E-state index in [2.05, 4.69) is 0 Å². The van der Waals surface area contributed by atoms with Crippen LogP contribution in [-0.2, 0) is 10.0 Å². The zero-order chi connectivity index (χ0) is 15.6. The second-order valence-corrected chi connectivity index (χ2v) is 7.78. The number of hydrogen-bond acceptors (Lipinski definition) is 3. The maximum Gasteiger partial charge on any atom is 0.211 e. The molecule has 21 heavy (non-hydrogen) atoms. The summed E-state index contributed by atoms with van der Waals surface area (Å²) in [6.45, 7) is 1.89. The minimum Gasteiger partial charge on any atom is -0.490 e. The fourth-order valence-electron chi connectivity index (χ4n) is 2.68. The van der Waals surface area contributed by atoms with Gasteiger partial charge in [0.2, 0.25) is 10.0 Å². The molecule has 0 heterocycles. The van der Waals surface area contributed by atoms with E-state index in [1.807, 2.05) is 6.92 Å². The first-order valence-electron chi connectivity index (χ1n) is 7.13. The molecular weight excluding hydrogens is 293 g/mol. The van der Waals surface area contributed by atoms with Crippen LogP contribution in [0, 0.1) is 12.7 Å². The van der Waals surface area contributed by atoms with Crippen molar-refractivity contribution in [1.82, 2.24) is 4.31 Å². The third kappa shape index (κ3) is 4.17. The van der Waals surface area contributed by atoms with E-state index in [0.717, 1.165) is 31.2 Å². The molecule has 0 unspecified atom stereocenters. The van der Waals surface area contributed by atoms with Crippen molar-refractivity contribution >= 4 is 10.0 Å². The lowest BCUT2D eigenvalue weighted by Crippen LogP contribution is -2.40. The van der Waals surface area contributed by atoms with Crippen LogP contribution < -0.4 is 4.74 Å². The molecule has 0 amide bonds. The Labute approximate surface area is 126 Å². The molecule has 0 saturated heterocycles. The Bertz CT molecular complexity index is 595. The normalized spacial score (nSPS) is 23.3. The molecule has 6 heteroatoms. The fraction of sp³-hybridized carbons (Fsp3) is 0.600. The van der Waals surface area contributed by atoms with Gasteiger partial charge in [-0.15, -0.1) is 0 Å². The Morgan fingerprint density at radius 2 is 1.86 bits per heavy atom. The van der Waals surface area contributed by atoms with Crippen molar-refractivity contribution in [2.45, 2.75) is 44.8 Å². The van der Waals surface area contributed by atoms with Gasteiger partial charge >= 0.3 is 0 Å². The number of rotatable bonds is 4. The summed E-state index contributed by atoms with van der Waals surface area (Å²) < 4.78 is 43.6. The molecule has 118 valence electrons. The van der Waals surface area contributed by atoms with E-state index in [0.29, 0.717) is 5.75 Å². The monoisotopic (exact) mass is 315 g/mol. The third-order valence-electron chi connectivity index (χ3n) is 4.12. The summed E-state index contributed by atoms with van der Waals surface area (Å²) in [6, 6.07) is 4.56. The first-order chi connectivity index (χ1) is 9.77. The molecule has 2 rings (SSSR count). The Kier molecular flexibility index (Phi) is 4.88. The van der Waals surface area contributed by atoms with Crippen molar-refractivity contribution in [3.63, 3.8) is 0 Å². The molecule has 0 N–H and O–H groups in total. The second-order valence-electron chi connectivity index (χ2n) is 5.74. The highest BCUT2D eigenvalue weighted by Crippen LogP contribution is 2.28. The van der Waals surface area contributed by atoms with Crippen LogP contribution >= 0.6 is 0 Å².